The molecule has 0 spiro atoms. The van der Waals surface area contributed by atoms with Crippen LogP contribution >= 0.6 is 15.6 Å². The topological polar surface area (TPSA) is 231 Å². The van der Waals surface area contributed by atoms with Crippen LogP contribution in [0, 0.1) is 0 Å². The van der Waals surface area contributed by atoms with Gasteiger partial charge >= 0.3 is 33.6 Å². The van der Waals surface area contributed by atoms with Gasteiger partial charge in [-0.1, -0.05) is 316 Å². The molecule has 5 unspecified atom stereocenters. The second-order valence-electron chi connectivity index (χ2n) is 26.5. The van der Waals surface area contributed by atoms with E-state index in [1.807, 2.05) is 0 Å². The van der Waals surface area contributed by atoms with Gasteiger partial charge in [0.1, 0.15) is 25.4 Å². The average molecular weight is 1460 g/mol. The Balaban J connectivity index is 4.43. The zero-order valence-corrected chi connectivity index (χ0v) is 65.3. The highest BCUT2D eigenvalue weighted by Crippen LogP contribution is 2.45. The van der Waals surface area contributed by atoms with E-state index in [2.05, 4.69) is 142 Å². The normalized spacial score (nSPS) is 14.6. The molecule has 0 saturated heterocycles. The molecule has 0 aromatic carbocycles. The summed E-state index contributed by atoms with van der Waals surface area (Å²) in [5.41, 5.74) is 0. The standard InChI is InChI=1S/C83H144O16P2/c1-4-7-10-13-16-19-22-24-26-28-30-32-34-35-36-37-38-39-40-41-43-45-46-48-50-52-55-57-60-63-66-69-81(86)93-72-78(84)73-95-100(89,90)96-74-79(85)75-97-101(91,92)98-77-80(99-83(88)71-68-65-62-59-54-21-18-15-12-9-6-3)76-94-82(87)70-67-64-61-58-56-53-51-49-47-44-42-33-31-29-27-25-23-20-17-14-11-8-5-2/h8,11,16-17,19-20,24-27,30-33,35-36,44,47,51,53,78-80,84-85H,4-7,9-10,12-15,18,21-23,28-29,34,37-43,45-46,48-50,52,54-77H2,1-3H3,(H,89,90)(H,91,92)/b11-8-,19-16-,20-17-,26-24-,27-25-,32-30-,33-31-,36-35-,47-44-,53-51-. The number of hydrogen-bond acceptors (Lipinski definition) is 14. The third kappa shape index (κ3) is 76.9. The maximum Gasteiger partial charge on any atom is 0.472 e. The van der Waals surface area contributed by atoms with Crippen LogP contribution in [0.3, 0.4) is 0 Å². The van der Waals surface area contributed by atoms with E-state index in [-0.39, 0.29) is 19.3 Å². The Morgan fingerprint density at radius 2 is 0.525 bits per heavy atom. The number of aliphatic hydroxyl groups is 2. The average Bonchev–Trinajstić information content (AvgIpc) is 0.944. The maximum absolute atomic E-state index is 12.9. The third-order valence-corrected chi connectivity index (χ3v) is 18.6. The van der Waals surface area contributed by atoms with Crippen LogP contribution in [0.25, 0.3) is 0 Å². The van der Waals surface area contributed by atoms with Gasteiger partial charge in [0.25, 0.3) is 0 Å². The van der Waals surface area contributed by atoms with Crippen molar-refractivity contribution >= 4 is 33.6 Å². The first-order chi connectivity index (χ1) is 49.2. The lowest BCUT2D eigenvalue weighted by Crippen LogP contribution is -2.30. The number of carbonyl (C=O) groups excluding carboxylic acids is 3. The van der Waals surface area contributed by atoms with Crippen LogP contribution in [0.4, 0.5) is 0 Å². The van der Waals surface area contributed by atoms with Crippen LogP contribution in [0.5, 0.6) is 0 Å². The smallest absolute Gasteiger partial charge is 0.463 e. The van der Waals surface area contributed by atoms with Gasteiger partial charge in [0.15, 0.2) is 6.10 Å². The number of phosphoric acid groups is 2. The molecule has 0 saturated carbocycles. The van der Waals surface area contributed by atoms with Crippen molar-refractivity contribution in [2.45, 2.75) is 347 Å². The number of hydrogen-bond donors (Lipinski definition) is 4. The Morgan fingerprint density at radius 3 is 0.851 bits per heavy atom. The monoisotopic (exact) mass is 1460 g/mol. The number of carbonyl (C=O) groups is 3. The van der Waals surface area contributed by atoms with E-state index < -0.39 is 91.5 Å². The summed E-state index contributed by atoms with van der Waals surface area (Å²) in [5, 5.41) is 20.6. The molecular weight excluding hydrogens is 1310 g/mol. The van der Waals surface area contributed by atoms with Gasteiger partial charge in [-0.3, -0.25) is 32.5 Å². The summed E-state index contributed by atoms with van der Waals surface area (Å²) in [7, 11) is -9.79. The molecule has 0 rings (SSSR count). The Morgan fingerprint density at radius 1 is 0.287 bits per heavy atom. The Kier molecular flexibility index (Phi) is 72.6. The van der Waals surface area contributed by atoms with Crippen LogP contribution in [-0.4, -0.2) is 95.9 Å². The third-order valence-electron chi connectivity index (χ3n) is 16.7. The molecule has 0 aromatic heterocycles. The highest BCUT2D eigenvalue weighted by molar-refractivity contribution is 7.47. The molecular formula is C83H144O16P2. The van der Waals surface area contributed by atoms with Gasteiger partial charge in [0.2, 0.25) is 0 Å². The molecule has 0 aliphatic carbocycles. The lowest BCUT2D eigenvalue weighted by Gasteiger charge is -2.21. The van der Waals surface area contributed by atoms with Crippen LogP contribution in [0.2, 0.25) is 0 Å². The molecule has 0 aliphatic heterocycles. The second kappa shape index (κ2) is 75.6. The SMILES string of the molecule is CC/C=C\C/C=C\C/C=C\C/C=C\C/C=C\C/C=C\CCCCCCC(=O)OCC(COP(=O)(O)OCC(O)COP(=O)(O)OCC(O)COC(=O)CCCCCCCCCCCCCCCCC/C=C\C/C=C\C/C=C\C/C=C\CCCCC)OC(=O)CCCCCCCCCCCCC. The van der Waals surface area contributed by atoms with Crippen LogP contribution < -0.4 is 0 Å². The van der Waals surface area contributed by atoms with E-state index in [0.29, 0.717) is 19.3 Å². The van der Waals surface area contributed by atoms with Gasteiger partial charge in [-0.05, 0) is 116 Å². The molecule has 0 bridgehead atoms. The maximum atomic E-state index is 12.9. The summed E-state index contributed by atoms with van der Waals surface area (Å²) in [6.45, 7) is 2.51. The summed E-state index contributed by atoms with van der Waals surface area (Å²) >= 11 is 0. The van der Waals surface area contributed by atoms with Crippen molar-refractivity contribution in [1.29, 1.82) is 0 Å². The Hall–Kier alpha value is -4.05. The first-order valence-electron chi connectivity index (χ1n) is 39.8. The van der Waals surface area contributed by atoms with E-state index in [9.17, 15) is 43.5 Å². The fraction of sp³-hybridized carbons (Fsp3) is 0.723. The van der Waals surface area contributed by atoms with Crippen molar-refractivity contribution in [2.24, 2.45) is 0 Å². The lowest BCUT2D eigenvalue weighted by atomic mass is 10.0. The zero-order valence-electron chi connectivity index (χ0n) is 63.5. The number of allylic oxidation sites excluding steroid dienone is 20. The molecule has 4 N–H and O–H groups in total. The van der Waals surface area contributed by atoms with Crippen molar-refractivity contribution < 1.29 is 75.8 Å². The summed E-state index contributed by atoms with van der Waals surface area (Å²) in [6, 6.07) is 0. The van der Waals surface area contributed by atoms with E-state index in [0.717, 1.165) is 128 Å². The molecule has 0 aromatic rings. The number of unbranched alkanes of at least 4 members (excludes halogenated alkanes) is 32. The first kappa shape index (κ1) is 97.0. The second-order valence-corrected chi connectivity index (χ2v) is 29.4. The molecule has 0 radical (unpaired) electrons. The molecule has 0 fully saturated rings. The molecule has 5 atom stereocenters. The van der Waals surface area contributed by atoms with Gasteiger partial charge in [-0.15, -0.1) is 0 Å². The van der Waals surface area contributed by atoms with E-state index >= 15 is 0 Å². The Labute approximate surface area is 614 Å². The number of aliphatic hydroxyl groups excluding tert-OH is 2. The van der Waals surface area contributed by atoms with Crippen molar-refractivity contribution in [3.63, 3.8) is 0 Å². The predicted octanol–water partition coefficient (Wildman–Crippen LogP) is 23.3. The number of esters is 3. The molecule has 0 aliphatic rings. The van der Waals surface area contributed by atoms with Gasteiger partial charge < -0.3 is 34.2 Å². The minimum atomic E-state index is -4.93. The summed E-state index contributed by atoms with van der Waals surface area (Å²) in [6.07, 6.45) is 89.8. The number of rotatable bonds is 75. The highest BCUT2D eigenvalue weighted by Gasteiger charge is 2.29. The summed E-state index contributed by atoms with van der Waals surface area (Å²) in [5.74, 6) is -1.60. The first-order valence-corrected chi connectivity index (χ1v) is 42.8. The predicted molar refractivity (Wildman–Crippen MR) is 417 cm³/mol. The fourth-order valence-electron chi connectivity index (χ4n) is 10.6. The fourth-order valence-corrected chi connectivity index (χ4v) is 12.2. The molecule has 582 valence electrons. The molecule has 0 amide bonds. The molecule has 18 heteroatoms. The highest BCUT2D eigenvalue weighted by atomic mass is 31.2. The minimum Gasteiger partial charge on any atom is -0.463 e. The number of ether oxygens (including phenoxy) is 3. The van der Waals surface area contributed by atoms with Gasteiger partial charge in [-0.2, -0.15) is 0 Å². The summed E-state index contributed by atoms with van der Waals surface area (Å²) in [4.78, 5) is 58.5. The number of phosphoric ester groups is 2. The summed E-state index contributed by atoms with van der Waals surface area (Å²) < 4.78 is 61.0. The minimum absolute atomic E-state index is 0.0990. The zero-order chi connectivity index (χ0) is 73.7. The largest absolute Gasteiger partial charge is 0.472 e. The lowest BCUT2D eigenvalue weighted by molar-refractivity contribution is -0.161. The molecule has 101 heavy (non-hydrogen) atoms. The van der Waals surface area contributed by atoms with Gasteiger partial charge in [0.05, 0.1) is 26.4 Å². The van der Waals surface area contributed by atoms with Crippen LogP contribution in [-0.2, 0) is 55.8 Å². The van der Waals surface area contributed by atoms with Crippen LogP contribution in [0.15, 0.2) is 122 Å². The quantitative estimate of drug-likeness (QED) is 0.0146. The molecule has 0 heterocycles. The van der Waals surface area contributed by atoms with Crippen molar-refractivity contribution in [3.05, 3.63) is 122 Å². The van der Waals surface area contributed by atoms with Crippen molar-refractivity contribution in [1.82, 2.24) is 0 Å². The van der Waals surface area contributed by atoms with E-state index in [4.69, 9.17) is 32.3 Å². The van der Waals surface area contributed by atoms with Gasteiger partial charge in [0, 0.05) is 19.3 Å². The van der Waals surface area contributed by atoms with Crippen molar-refractivity contribution in [2.75, 3.05) is 39.6 Å². The van der Waals surface area contributed by atoms with Crippen LogP contribution in [0.1, 0.15) is 329 Å². The van der Waals surface area contributed by atoms with Gasteiger partial charge in [-0.25, -0.2) is 9.13 Å². The van der Waals surface area contributed by atoms with E-state index in [1.54, 1.807) is 0 Å². The molecule has 16 nitrogen and oxygen atoms in total. The Bertz CT molecular complexity index is 2320. The van der Waals surface area contributed by atoms with E-state index in [1.165, 1.54) is 141 Å². The van der Waals surface area contributed by atoms with Crippen molar-refractivity contribution in [3.8, 4) is 0 Å².